The molecule has 0 aliphatic carbocycles. The Morgan fingerprint density at radius 3 is 2.54 bits per heavy atom. The number of benzene rings is 2. The van der Waals surface area contributed by atoms with Crippen molar-refractivity contribution in [1.82, 2.24) is 4.90 Å². The summed E-state index contributed by atoms with van der Waals surface area (Å²) < 4.78 is 0. The molecule has 1 fully saturated rings. The third-order valence-corrected chi connectivity index (χ3v) is 5.05. The number of amides is 1. The summed E-state index contributed by atoms with van der Waals surface area (Å²) in [6.07, 6.45) is 1.54. The number of hydrogen-bond donors (Lipinski definition) is 1. The van der Waals surface area contributed by atoms with Crippen LogP contribution in [0.15, 0.2) is 48.5 Å². The van der Waals surface area contributed by atoms with Crippen LogP contribution in [0.2, 0.25) is 0 Å². The summed E-state index contributed by atoms with van der Waals surface area (Å²) in [4.78, 5) is 16.9. The second-order valence-corrected chi connectivity index (χ2v) is 6.89. The number of anilines is 2. The minimum absolute atomic E-state index is 0.246. The summed E-state index contributed by atoms with van der Waals surface area (Å²) in [6, 6.07) is 16.9. The molecule has 2 aromatic rings. The molecular formula is C22H29N3O. The molecule has 0 unspecified atom stereocenters. The molecule has 0 aromatic heterocycles. The number of rotatable bonds is 6. The van der Waals surface area contributed by atoms with Crippen molar-refractivity contribution in [2.24, 2.45) is 0 Å². The molecule has 0 saturated carbocycles. The Morgan fingerprint density at radius 1 is 1.04 bits per heavy atom. The average molecular weight is 351 g/mol. The summed E-state index contributed by atoms with van der Waals surface area (Å²) in [7, 11) is 0. The maximum absolute atomic E-state index is 12.5. The van der Waals surface area contributed by atoms with Gasteiger partial charge in [0.1, 0.15) is 0 Å². The van der Waals surface area contributed by atoms with E-state index in [0.717, 1.165) is 38.3 Å². The smallest absolute Gasteiger partial charge is 0.224 e. The molecule has 1 N–H and O–H groups in total. The van der Waals surface area contributed by atoms with Gasteiger partial charge in [0, 0.05) is 50.5 Å². The molecule has 3 rings (SSSR count). The van der Waals surface area contributed by atoms with Crippen LogP contribution in [0.1, 0.15) is 24.5 Å². The Kier molecular flexibility index (Phi) is 6.16. The maximum Gasteiger partial charge on any atom is 0.224 e. The summed E-state index contributed by atoms with van der Waals surface area (Å²) in [6.45, 7) is 8.37. The van der Waals surface area contributed by atoms with Crippen LogP contribution in [0.25, 0.3) is 0 Å². The zero-order valence-electron chi connectivity index (χ0n) is 15.9. The van der Waals surface area contributed by atoms with E-state index in [4.69, 9.17) is 0 Å². The largest absolute Gasteiger partial charge is 0.384 e. The highest BCUT2D eigenvalue weighted by molar-refractivity contribution is 5.77. The van der Waals surface area contributed by atoms with Crippen LogP contribution in [-0.4, -0.2) is 43.5 Å². The van der Waals surface area contributed by atoms with E-state index in [1.54, 1.807) is 0 Å². The van der Waals surface area contributed by atoms with Crippen LogP contribution < -0.4 is 10.2 Å². The van der Waals surface area contributed by atoms with E-state index in [1.807, 2.05) is 11.0 Å². The molecule has 4 nitrogen and oxygen atoms in total. The highest BCUT2D eigenvalue weighted by Gasteiger charge is 2.21. The third kappa shape index (κ3) is 4.57. The van der Waals surface area contributed by atoms with Crippen LogP contribution in [0, 0.1) is 6.92 Å². The van der Waals surface area contributed by atoms with Gasteiger partial charge in [-0.15, -0.1) is 0 Å². The standard InChI is InChI=1S/C22H29N3O/c1-3-19-8-4-5-10-21(19)23-12-11-22(26)25-15-13-24(14-16-25)20-9-6-7-18(2)17-20/h4-10,17,23H,3,11-16H2,1-2H3. The molecular weight excluding hydrogens is 322 g/mol. The van der Waals surface area contributed by atoms with Crippen molar-refractivity contribution in [2.45, 2.75) is 26.7 Å². The van der Waals surface area contributed by atoms with E-state index < -0.39 is 0 Å². The minimum atomic E-state index is 0.246. The Labute approximate surface area is 156 Å². The van der Waals surface area contributed by atoms with Crippen LogP contribution in [0.4, 0.5) is 11.4 Å². The number of hydrogen-bond acceptors (Lipinski definition) is 3. The number of para-hydroxylation sites is 1. The van der Waals surface area contributed by atoms with E-state index in [2.05, 4.69) is 66.5 Å². The van der Waals surface area contributed by atoms with E-state index in [9.17, 15) is 4.79 Å². The quantitative estimate of drug-likeness (QED) is 0.862. The molecule has 0 spiro atoms. The van der Waals surface area contributed by atoms with Crippen molar-refractivity contribution >= 4 is 17.3 Å². The number of nitrogens with zero attached hydrogens (tertiary/aromatic N) is 2. The van der Waals surface area contributed by atoms with Gasteiger partial charge in [-0.25, -0.2) is 0 Å². The summed E-state index contributed by atoms with van der Waals surface area (Å²) in [5.41, 5.74) is 4.98. The molecule has 4 heteroatoms. The van der Waals surface area contributed by atoms with Crippen LogP contribution in [0.5, 0.6) is 0 Å². The summed E-state index contributed by atoms with van der Waals surface area (Å²) in [5, 5.41) is 3.42. The molecule has 0 bridgehead atoms. The lowest BCUT2D eigenvalue weighted by molar-refractivity contribution is -0.131. The second kappa shape index (κ2) is 8.75. The van der Waals surface area contributed by atoms with Gasteiger partial charge in [0.25, 0.3) is 0 Å². The van der Waals surface area contributed by atoms with Gasteiger partial charge in [0.2, 0.25) is 5.91 Å². The van der Waals surface area contributed by atoms with Crippen LogP contribution in [0.3, 0.4) is 0 Å². The van der Waals surface area contributed by atoms with Crippen molar-refractivity contribution in [3.8, 4) is 0 Å². The predicted octanol–water partition coefficient (Wildman–Crippen LogP) is 3.71. The fourth-order valence-corrected chi connectivity index (χ4v) is 3.50. The maximum atomic E-state index is 12.5. The normalized spacial score (nSPS) is 14.4. The van der Waals surface area contributed by atoms with Gasteiger partial charge in [0.15, 0.2) is 0 Å². The molecule has 26 heavy (non-hydrogen) atoms. The Balaban J connectivity index is 1.45. The van der Waals surface area contributed by atoms with Crippen LogP contribution >= 0.6 is 0 Å². The Morgan fingerprint density at radius 2 is 1.81 bits per heavy atom. The van der Waals surface area contributed by atoms with E-state index in [0.29, 0.717) is 13.0 Å². The minimum Gasteiger partial charge on any atom is -0.384 e. The lowest BCUT2D eigenvalue weighted by Gasteiger charge is -2.36. The molecule has 1 aliphatic heterocycles. The van der Waals surface area contributed by atoms with Crippen molar-refractivity contribution < 1.29 is 4.79 Å². The van der Waals surface area contributed by atoms with E-state index in [-0.39, 0.29) is 5.91 Å². The number of carbonyl (C=O) groups excluding carboxylic acids is 1. The zero-order chi connectivity index (χ0) is 18.4. The molecule has 0 radical (unpaired) electrons. The molecule has 0 atom stereocenters. The lowest BCUT2D eigenvalue weighted by atomic mass is 10.1. The van der Waals surface area contributed by atoms with Gasteiger partial charge in [-0.2, -0.15) is 0 Å². The first-order valence-corrected chi connectivity index (χ1v) is 9.58. The van der Waals surface area contributed by atoms with Gasteiger partial charge in [-0.05, 0) is 42.7 Å². The summed E-state index contributed by atoms with van der Waals surface area (Å²) in [5.74, 6) is 0.246. The fraction of sp³-hybridized carbons (Fsp3) is 0.409. The molecule has 1 saturated heterocycles. The summed E-state index contributed by atoms with van der Waals surface area (Å²) >= 11 is 0. The number of nitrogens with one attached hydrogen (secondary N) is 1. The Bertz CT molecular complexity index is 736. The van der Waals surface area contributed by atoms with Crippen molar-refractivity contribution in [2.75, 3.05) is 42.9 Å². The van der Waals surface area contributed by atoms with Gasteiger partial charge in [-0.1, -0.05) is 37.3 Å². The van der Waals surface area contributed by atoms with Gasteiger partial charge in [0.05, 0.1) is 0 Å². The van der Waals surface area contributed by atoms with Gasteiger partial charge >= 0.3 is 0 Å². The zero-order valence-corrected chi connectivity index (χ0v) is 15.9. The first-order valence-electron chi connectivity index (χ1n) is 9.58. The molecule has 1 amide bonds. The SMILES string of the molecule is CCc1ccccc1NCCC(=O)N1CCN(c2cccc(C)c2)CC1. The molecule has 138 valence electrons. The second-order valence-electron chi connectivity index (χ2n) is 6.89. The average Bonchev–Trinajstić information content (AvgIpc) is 2.68. The molecule has 2 aromatic carbocycles. The van der Waals surface area contributed by atoms with E-state index >= 15 is 0 Å². The molecule has 1 aliphatic rings. The predicted molar refractivity (Wildman–Crippen MR) is 109 cm³/mol. The number of piperazine rings is 1. The molecule has 1 heterocycles. The van der Waals surface area contributed by atoms with Gasteiger partial charge < -0.3 is 15.1 Å². The monoisotopic (exact) mass is 351 g/mol. The van der Waals surface area contributed by atoms with Gasteiger partial charge in [-0.3, -0.25) is 4.79 Å². The third-order valence-electron chi connectivity index (χ3n) is 5.05. The lowest BCUT2D eigenvalue weighted by Crippen LogP contribution is -2.49. The topological polar surface area (TPSA) is 35.6 Å². The Hall–Kier alpha value is -2.49. The fourth-order valence-electron chi connectivity index (χ4n) is 3.50. The van der Waals surface area contributed by atoms with Crippen molar-refractivity contribution in [3.05, 3.63) is 59.7 Å². The van der Waals surface area contributed by atoms with Crippen molar-refractivity contribution in [1.29, 1.82) is 0 Å². The van der Waals surface area contributed by atoms with Crippen molar-refractivity contribution in [3.63, 3.8) is 0 Å². The number of carbonyl (C=O) groups is 1. The highest BCUT2D eigenvalue weighted by atomic mass is 16.2. The van der Waals surface area contributed by atoms with E-state index in [1.165, 1.54) is 16.8 Å². The first kappa shape index (κ1) is 18.3. The first-order chi connectivity index (χ1) is 12.7. The highest BCUT2D eigenvalue weighted by Crippen LogP contribution is 2.18. The number of aryl methyl sites for hydroxylation is 2. The van der Waals surface area contributed by atoms with Crippen LogP contribution in [-0.2, 0) is 11.2 Å².